The molecule has 0 fully saturated rings. The monoisotopic (exact) mass is 256 g/mol. The van der Waals surface area contributed by atoms with Gasteiger partial charge in [0.15, 0.2) is 0 Å². The number of rotatable bonds is 9. The highest BCUT2D eigenvalue weighted by Gasteiger charge is 2.29. The molecular formula is C14H28N2S. The lowest BCUT2D eigenvalue weighted by Gasteiger charge is -2.38. The second-order valence-corrected chi connectivity index (χ2v) is 5.60. The molecule has 0 aliphatic rings. The first-order valence-electron chi connectivity index (χ1n) is 6.73. The van der Waals surface area contributed by atoms with Crippen LogP contribution in [-0.2, 0) is 0 Å². The maximum atomic E-state index is 8.76. The maximum absolute atomic E-state index is 8.76. The minimum atomic E-state index is 0.324. The predicted molar refractivity (Wildman–Crippen MR) is 78.4 cm³/mol. The molecule has 17 heavy (non-hydrogen) atoms. The summed E-state index contributed by atoms with van der Waals surface area (Å²) in [5.74, 6) is 0.943. The van der Waals surface area contributed by atoms with Crippen LogP contribution >= 0.6 is 12.6 Å². The van der Waals surface area contributed by atoms with E-state index in [2.05, 4.69) is 51.4 Å². The number of nitriles is 1. The second kappa shape index (κ2) is 8.83. The molecule has 3 heteroatoms. The fraction of sp³-hybridized carbons (Fsp3) is 0.929. The Bertz CT molecular complexity index is 229. The highest BCUT2D eigenvalue weighted by Crippen LogP contribution is 2.32. The Balaban J connectivity index is 4.55. The van der Waals surface area contributed by atoms with Crippen molar-refractivity contribution in [1.82, 2.24) is 4.90 Å². The fourth-order valence-electron chi connectivity index (χ4n) is 2.52. The lowest BCUT2D eigenvalue weighted by Crippen LogP contribution is -2.41. The van der Waals surface area contributed by atoms with E-state index in [4.69, 9.17) is 5.26 Å². The molecule has 1 atom stereocenters. The van der Waals surface area contributed by atoms with Crippen molar-refractivity contribution in [3.05, 3.63) is 0 Å². The van der Waals surface area contributed by atoms with Crippen LogP contribution in [0.5, 0.6) is 0 Å². The smallest absolute Gasteiger partial charge is 0.0638 e. The SMILES string of the molecule is CCCC(CS)(CCC)CN(C)C(C)CC#N. The lowest BCUT2D eigenvalue weighted by molar-refractivity contribution is 0.140. The van der Waals surface area contributed by atoms with Crippen LogP contribution in [0.4, 0.5) is 0 Å². The van der Waals surface area contributed by atoms with Gasteiger partial charge in [-0.1, -0.05) is 26.7 Å². The Labute approximate surface area is 113 Å². The molecule has 0 spiro atoms. The molecule has 0 aromatic rings. The van der Waals surface area contributed by atoms with Gasteiger partial charge in [0.2, 0.25) is 0 Å². The van der Waals surface area contributed by atoms with Gasteiger partial charge in [-0.3, -0.25) is 0 Å². The van der Waals surface area contributed by atoms with E-state index >= 15 is 0 Å². The third kappa shape index (κ3) is 5.79. The van der Waals surface area contributed by atoms with Crippen molar-refractivity contribution < 1.29 is 0 Å². The quantitative estimate of drug-likeness (QED) is 0.636. The summed E-state index contributed by atoms with van der Waals surface area (Å²) in [7, 11) is 2.13. The van der Waals surface area contributed by atoms with Gasteiger partial charge in [-0.25, -0.2) is 0 Å². The zero-order valence-corrected chi connectivity index (χ0v) is 12.8. The molecular weight excluding hydrogens is 228 g/mol. The highest BCUT2D eigenvalue weighted by molar-refractivity contribution is 7.80. The van der Waals surface area contributed by atoms with Crippen molar-refractivity contribution in [1.29, 1.82) is 5.26 Å². The van der Waals surface area contributed by atoms with Crippen molar-refractivity contribution >= 4 is 12.6 Å². The third-order valence-electron chi connectivity index (χ3n) is 3.62. The number of hydrogen-bond acceptors (Lipinski definition) is 3. The molecule has 0 aromatic heterocycles. The summed E-state index contributed by atoms with van der Waals surface area (Å²) < 4.78 is 0. The molecule has 0 saturated heterocycles. The van der Waals surface area contributed by atoms with Gasteiger partial charge < -0.3 is 4.90 Å². The molecule has 1 unspecified atom stereocenters. The Morgan fingerprint density at radius 3 is 2.18 bits per heavy atom. The Morgan fingerprint density at radius 2 is 1.82 bits per heavy atom. The Hall–Kier alpha value is -0.200. The first kappa shape index (κ1) is 16.8. The van der Waals surface area contributed by atoms with Gasteiger partial charge in [0.1, 0.15) is 0 Å². The van der Waals surface area contributed by atoms with E-state index in [0.717, 1.165) is 12.3 Å². The summed E-state index contributed by atoms with van der Waals surface area (Å²) in [4.78, 5) is 2.32. The van der Waals surface area contributed by atoms with Crippen LogP contribution in [0.2, 0.25) is 0 Å². The molecule has 2 nitrogen and oxygen atoms in total. The van der Waals surface area contributed by atoms with Crippen LogP contribution in [0.15, 0.2) is 0 Å². The van der Waals surface area contributed by atoms with Crippen LogP contribution in [0.3, 0.4) is 0 Å². The molecule has 0 radical (unpaired) electrons. The minimum Gasteiger partial charge on any atom is -0.302 e. The molecule has 0 saturated carbocycles. The minimum absolute atomic E-state index is 0.324. The van der Waals surface area contributed by atoms with E-state index in [1.54, 1.807) is 0 Å². The summed E-state index contributed by atoms with van der Waals surface area (Å²) in [6.45, 7) is 7.67. The van der Waals surface area contributed by atoms with E-state index in [1.165, 1.54) is 25.7 Å². The summed E-state index contributed by atoms with van der Waals surface area (Å²) in [5.41, 5.74) is 0.324. The molecule has 0 heterocycles. The Kier molecular flexibility index (Phi) is 8.72. The average molecular weight is 256 g/mol. The van der Waals surface area contributed by atoms with E-state index < -0.39 is 0 Å². The topological polar surface area (TPSA) is 27.0 Å². The van der Waals surface area contributed by atoms with Crippen LogP contribution in [-0.4, -0.2) is 30.3 Å². The first-order valence-corrected chi connectivity index (χ1v) is 7.36. The first-order chi connectivity index (χ1) is 8.05. The molecule has 0 rings (SSSR count). The normalized spacial score (nSPS) is 13.7. The average Bonchev–Trinajstić information content (AvgIpc) is 2.29. The summed E-state index contributed by atoms with van der Waals surface area (Å²) >= 11 is 4.57. The van der Waals surface area contributed by atoms with E-state index in [1.807, 2.05) is 0 Å². The highest BCUT2D eigenvalue weighted by atomic mass is 32.1. The molecule has 100 valence electrons. The van der Waals surface area contributed by atoms with E-state index in [0.29, 0.717) is 17.9 Å². The molecule has 0 aromatic carbocycles. The van der Waals surface area contributed by atoms with Crippen molar-refractivity contribution in [2.24, 2.45) is 5.41 Å². The largest absolute Gasteiger partial charge is 0.302 e. The summed E-state index contributed by atoms with van der Waals surface area (Å²) in [5, 5.41) is 8.76. The number of nitrogens with zero attached hydrogens (tertiary/aromatic N) is 2. The second-order valence-electron chi connectivity index (χ2n) is 5.28. The predicted octanol–water partition coefficient (Wildman–Crippen LogP) is 3.74. The number of thiol groups is 1. The van der Waals surface area contributed by atoms with Crippen LogP contribution in [0, 0.1) is 16.7 Å². The molecule has 0 aliphatic heterocycles. The molecule has 0 N–H and O–H groups in total. The van der Waals surface area contributed by atoms with E-state index in [-0.39, 0.29) is 0 Å². The van der Waals surface area contributed by atoms with Gasteiger partial charge in [0, 0.05) is 12.6 Å². The van der Waals surface area contributed by atoms with Crippen molar-refractivity contribution in [2.75, 3.05) is 19.3 Å². The van der Waals surface area contributed by atoms with E-state index in [9.17, 15) is 0 Å². The maximum Gasteiger partial charge on any atom is 0.0638 e. The van der Waals surface area contributed by atoms with Gasteiger partial charge in [-0.2, -0.15) is 17.9 Å². The van der Waals surface area contributed by atoms with Gasteiger partial charge in [-0.05, 0) is 38.0 Å². The zero-order valence-electron chi connectivity index (χ0n) is 11.9. The van der Waals surface area contributed by atoms with Crippen molar-refractivity contribution in [2.45, 2.75) is 58.9 Å². The van der Waals surface area contributed by atoms with Crippen molar-refractivity contribution in [3.8, 4) is 6.07 Å². The van der Waals surface area contributed by atoms with Crippen LogP contribution < -0.4 is 0 Å². The van der Waals surface area contributed by atoms with Gasteiger partial charge in [0.25, 0.3) is 0 Å². The van der Waals surface area contributed by atoms with Gasteiger partial charge in [0.05, 0.1) is 12.5 Å². The summed E-state index contributed by atoms with van der Waals surface area (Å²) in [6, 6.07) is 2.60. The Morgan fingerprint density at radius 1 is 1.29 bits per heavy atom. The lowest BCUT2D eigenvalue weighted by atomic mass is 9.80. The zero-order chi connectivity index (χ0) is 13.3. The van der Waals surface area contributed by atoms with Crippen molar-refractivity contribution in [3.63, 3.8) is 0 Å². The molecule has 0 amide bonds. The van der Waals surface area contributed by atoms with Gasteiger partial charge >= 0.3 is 0 Å². The third-order valence-corrected chi connectivity index (χ3v) is 4.29. The van der Waals surface area contributed by atoms with Crippen LogP contribution in [0.25, 0.3) is 0 Å². The fourth-order valence-corrected chi connectivity index (χ4v) is 2.94. The molecule has 0 aliphatic carbocycles. The standard InChI is InChI=1S/C14H28N2S/c1-5-8-14(12-17,9-6-2)11-16(4)13(3)7-10-15/h13,17H,5-9,11-12H2,1-4H3. The molecule has 0 bridgehead atoms. The number of hydrogen-bond donors (Lipinski definition) is 1. The van der Waals surface area contributed by atoms with Crippen LogP contribution in [0.1, 0.15) is 52.9 Å². The van der Waals surface area contributed by atoms with Gasteiger partial charge in [-0.15, -0.1) is 0 Å². The summed E-state index contributed by atoms with van der Waals surface area (Å²) in [6.07, 6.45) is 5.49.